The number of hydrogen-bond acceptors (Lipinski definition) is 3. The number of nitrogens with zero attached hydrogens (tertiary/aromatic N) is 4. The van der Waals surface area contributed by atoms with Gasteiger partial charge in [0.2, 0.25) is 0 Å². The largest absolute Gasteiger partial charge is 0.316 e. The lowest BCUT2D eigenvalue weighted by Gasteiger charge is -2.07. The van der Waals surface area contributed by atoms with Crippen molar-refractivity contribution in [1.29, 1.82) is 0 Å². The number of rotatable bonds is 6. The molecular weight excluding hydrogens is 423 g/mol. The predicted octanol–water partition coefficient (Wildman–Crippen LogP) is 4.78. The summed E-state index contributed by atoms with van der Waals surface area (Å²) in [5.74, 6) is 0.792. The van der Waals surface area contributed by atoms with Crippen molar-refractivity contribution in [3.8, 4) is 0 Å². The molecule has 0 spiro atoms. The van der Waals surface area contributed by atoms with E-state index in [-0.39, 0.29) is 12.4 Å². The van der Waals surface area contributed by atoms with E-state index < -0.39 is 0 Å². The SMILES string of the molecule is Fc1cccc(Cl)c1Cn1ccc(NC(=S)Nc2ccn(Cc3ccccc3)n2)n1. The van der Waals surface area contributed by atoms with Gasteiger partial charge >= 0.3 is 0 Å². The zero-order valence-electron chi connectivity index (χ0n) is 15.8. The lowest BCUT2D eigenvalue weighted by Crippen LogP contribution is -2.20. The molecule has 9 heteroatoms. The first-order valence-corrected chi connectivity index (χ1v) is 9.97. The fourth-order valence-corrected chi connectivity index (χ4v) is 3.34. The lowest BCUT2D eigenvalue weighted by atomic mass is 10.2. The average molecular weight is 441 g/mol. The van der Waals surface area contributed by atoms with E-state index in [1.165, 1.54) is 6.07 Å². The van der Waals surface area contributed by atoms with Crippen LogP contribution >= 0.6 is 23.8 Å². The van der Waals surface area contributed by atoms with Crippen LogP contribution in [0.3, 0.4) is 0 Å². The van der Waals surface area contributed by atoms with Gasteiger partial charge in [0.25, 0.3) is 0 Å². The van der Waals surface area contributed by atoms with Crippen molar-refractivity contribution in [1.82, 2.24) is 19.6 Å². The van der Waals surface area contributed by atoms with Crippen LogP contribution in [0.4, 0.5) is 16.0 Å². The molecule has 0 unspecified atom stereocenters. The van der Waals surface area contributed by atoms with E-state index in [1.54, 1.807) is 29.1 Å². The summed E-state index contributed by atoms with van der Waals surface area (Å²) in [5, 5.41) is 15.6. The van der Waals surface area contributed by atoms with Crippen LogP contribution in [0.1, 0.15) is 11.1 Å². The Labute approximate surface area is 183 Å². The summed E-state index contributed by atoms with van der Waals surface area (Å²) < 4.78 is 17.4. The molecule has 0 bridgehead atoms. The number of halogens is 2. The van der Waals surface area contributed by atoms with Crippen LogP contribution in [0.15, 0.2) is 73.1 Å². The van der Waals surface area contributed by atoms with Crippen LogP contribution in [-0.4, -0.2) is 24.7 Å². The van der Waals surface area contributed by atoms with E-state index in [2.05, 4.69) is 20.8 Å². The molecule has 0 atom stereocenters. The van der Waals surface area contributed by atoms with Crippen molar-refractivity contribution in [3.63, 3.8) is 0 Å². The van der Waals surface area contributed by atoms with E-state index in [1.807, 2.05) is 47.3 Å². The van der Waals surface area contributed by atoms with E-state index in [0.29, 0.717) is 33.9 Å². The van der Waals surface area contributed by atoms with Crippen molar-refractivity contribution in [2.24, 2.45) is 0 Å². The van der Waals surface area contributed by atoms with E-state index >= 15 is 0 Å². The Kier molecular flexibility index (Phi) is 6.06. The van der Waals surface area contributed by atoms with Gasteiger partial charge in [-0.1, -0.05) is 48.0 Å². The first-order chi connectivity index (χ1) is 14.6. The van der Waals surface area contributed by atoms with Crippen LogP contribution in [0.2, 0.25) is 5.02 Å². The van der Waals surface area contributed by atoms with Gasteiger partial charge < -0.3 is 10.6 Å². The summed E-state index contributed by atoms with van der Waals surface area (Å²) in [6.45, 7) is 0.892. The van der Waals surface area contributed by atoms with Crippen LogP contribution in [0.5, 0.6) is 0 Å². The molecule has 2 N–H and O–H groups in total. The van der Waals surface area contributed by atoms with Crippen LogP contribution < -0.4 is 10.6 Å². The lowest BCUT2D eigenvalue weighted by molar-refractivity contribution is 0.586. The van der Waals surface area contributed by atoms with Gasteiger partial charge in [-0.3, -0.25) is 9.36 Å². The average Bonchev–Trinajstić information content (AvgIpc) is 3.35. The quantitative estimate of drug-likeness (QED) is 0.423. The molecule has 2 aromatic heterocycles. The summed E-state index contributed by atoms with van der Waals surface area (Å²) in [5.41, 5.74) is 1.55. The van der Waals surface area contributed by atoms with Gasteiger partial charge in [-0.05, 0) is 29.9 Å². The molecule has 152 valence electrons. The number of nitrogens with one attached hydrogen (secondary N) is 2. The Morgan fingerprint density at radius 2 is 1.50 bits per heavy atom. The van der Waals surface area contributed by atoms with Gasteiger partial charge in [0.1, 0.15) is 5.82 Å². The minimum absolute atomic E-state index is 0.220. The highest BCUT2D eigenvalue weighted by Crippen LogP contribution is 2.20. The number of hydrogen-bond donors (Lipinski definition) is 2. The summed E-state index contributed by atoms with van der Waals surface area (Å²) >= 11 is 11.4. The van der Waals surface area contributed by atoms with Gasteiger partial charge in [-0.2, -0.15) is 10.2 Å². The first-order valence-electron chi connectivity index (χ1n) is 9.18. The first kappa shape index (κ1) is 20.1. The normalized spacial score (nSPS) is 10.7. The molecule has 0 amide bonds. The van der Waals surface area contributed by atoms with E-state index in [9.17, 15) is 4.39 Å². The number of thiocarbonyl (C=S) groups is 1. The van der Waals surface area contributed by atoms with E-state index in [4.69, 9.17) is 23.8 Å². The smallest absolute Gasteiger partial charge is 0.177 e. The Morgan fingerprint density at radius 3 is 2.13 bits per heavy atom. The standard InChI is InChI=1S/C21H18ClFN6S/c22-17-7-4-8-18(23)16(17)14-29-12-10-20(27-29)25-21(30)24-19-9-11-28(26-19)13-15-5-2-1-3-6-15/h1-12H,13-14H2,(H2,24,25,26,27,30). The fourth-order valence-electron chi connectivity index (χ4n) is 2.91. The molecule has 0 aliphatic carbocycles. The molecule has 0 aliphatic heterocycles. The Balaban J connectivity index is 1.34. The highest BCUT2D eigenvalue weighted by molar-refractivity contribution is 7.80. The molecule has 0 aliphatic rings. The number of anilines is 2. The molecule has 0 fully saturated rings. The second-order valence-corrected chi connectivity index (χ2v) is 7.38. The Bertz CT molecular complexity index is 1140. The second-order valence-electron chi connectivity index (χ2n) is 6.56. The van der Waals surface area contributed by atoms with Gasteiger partial charge in [0, 0.05) is 35.1 Å². The molecular formula is C21H18ClFN6S. The molecule has 2 heterocycles. The van der Waals surface area contributed by atoms with Crippen molar-refractivity contribution >= 4 is 40.6 Å². The second kappa shape index (κ2) is 9.06. The highest BCUT2D eigenvalue weighted by atomic mass is 35.5. The summed E-state index contributed by atoms with van der Waals surface area (Å²) in [6, 6.07) is 18.3. The van der Waals surface area contributed by atoms with Gasteiger partial charge in [0.15, 0.2) is 16.7 Å². The third-order valence-corrected chi connectivity index (χ3v) is 4.89. The zero-order valence-corrected chi connectivity index (χ0v) is 17.4. The third kappa shape index (κ3) is 5.03. The molecule has 30 heavy (non-hydrogen) atoms. The maximum absolute atomic E-state index is 14.0. The van der Waals surface area contributed by atoms with Crippen LogP contribution in [0, 0.1) is 5.82 Å². The molecule has 0 saturated heterocycles. The van der Waals surface area contributed by atoms with Gasteiger partial charge in [0.05, 0.1) is 13.1 Å². The summed E-state index contributed by atoms with van der Waals surface area (Å²) in [7, 11) is 0. The third-order valence-electron chi connectivity index (χ3n) is 4.33. The zero-order chi connectivity index (χ0) is 20.9. The van der Waals surface area contributed by atoms with E-state index in [0.717, 1.165) is 5.56 Å². The summed E-state index contributed by atoms with van der Waals surface area (Å²) in [4.78, 5) is 0. The van der Waals surface area contributed by atoms with Gasteiger partial charge in [-0.25, -0.2) is 4.39 Å². The van der Waals surface area contributed by atoms with Crippen LogP contribution in [0.25, 0.3) is 0 Å². The maximum Gasteiger partial charge on any atom is 0.177 e. The van der Waals surface area contributed by atoms with Crippen molar-refractivity contribution in [3.05, 3.63) is 95.0 Å². The minimum Gasteiger partial charge on any atom is -0.316 e. The Morgan fingerprint density at radius 1 is 0.867 bits per heavy atom. The van der Waals surface area contributed by atoms with Crippen molar-refractivity contribution < 1.29 is 4.39 Å². The van der Waals surface area contributed by atoms with Crippen molar-refractivity contribution in [2.45, 2.75) is 13.1 Å². The topological polar surface area (TPSA) is 59.7 Å². The summed E-state index contributed by atoms with van der Waals surface area (Å²) in [6.07, 6.45) is 3.60. The van der Waals surface area contributed by atoms with Gasteiger partial charge in [-0.15, -0.1) is 0 Å². The molecule has 0 saturated carbocycles. The minimum atomic E-state index is -0.365. The molecule has 0 radical (unpaired) electrons. The molecule has 4 rings (SSSR count). The fraction of sp³-hybridized carbons (Fsp3) is 0.0952. The molecule has 2 aromatic carbocycles. The van der Waals surface area contributed by atoms with Crippen LogP contribution in [-0.2, 0) is 13.1 Å². The predicted molar refractivity (Wildman–Crippen MR) is 120 cm³/mol. The molecule has 4 aromatic rings. The van der Waals surface area contributed by atoms with Crippen molar-refractivity contribution in [2.75, 3.05) is 10.6 Å². The Hall–Kier alpha value is -3.23. The molecule has 6 nitrogen and oxygen atoms in total. The number of benzene rings is 2. The maximum atomic E-state index is 14.0. The monoisotopic (exact) mass is 440 g/mol. The number of aromatic nitrogens is 4. The highest BCUT2D eigenvalue weighted by Gasteiger charge is 2.10.